The monoisotopic (exact) mass is 918 g/mol. The van der Waals surface area contributed by atoms with E-state index >= 15 is 0 Å². The van der Waals surface area contributed by atoms with E-state index in [1.54, 1.807) is 28.2 Å². The van der Waals surface area contributed by atoms with Crippen molar-refractivity contribution in [2.75, 3.05) is 56.5 Å². The molecule has 0 bridgehead atoms. The van der Waals surface area contributed by atoms with Crippen molar-refractivity contribution in [3.05, 3.63) is 218 Å². The quantitative estimate of drug-likeness (QED) is 0.0890. The fraction of sp³-hybridized carbons (Fsp3) is 0.216. The van der Waals surface area contributed by atoms with Gasteiger partial charge >= 0.3 is 24.2 Å². The zero-order valence-corrected chi connectivity index (χ0v) is 40.8. The molecule has 349 valence electrons. The van der Waals surface area contributed by atoms with E-state index in [-0.39, 0.29) is 30.6 Å². The number of rotatable bonds is 0. The van der Waals surface area contributed by atoms with E-state index in [1.807, 2.05) is 218 Å². The van der Waals surface area contributed by atoms with Crippen molar-refractivity contribution >= 4 is 24.2 Å². The molecule has 0 spiro atoms. The number of hydrogen-bond acceptors (Lipinski definition) is 6. The Morgan fingerprint density at radius 3 is 0.391 bits per heavy atom. The first-order valence-corrected chi connectivity index (χ1v) is 20.0. The molecule has 0 unspecified atom stereocenters. The van der Waals surface area contributed by atoms with Gasteiger partial charge in [0.1, 0.15) is 0 Å². The summed E-state index contributed by atoms with van der Waals surface area (Å²) in [6.45, 7) is 4.25. The zero-order valence-electron chi connectivity index (χ0n) is 39.4. The maximum absolute atomic E-state index is 9.96. The van der Waals surface area contributed by atoms with Crippen molar-refractivity contribution in [2.45, 2.75) is 20.3 Å². The van der Waals surface area contributed by atoms with Crippen LogP contribution in [0.4, 0.5) is 19.2 Å². The summed E-state index contributed by atoms with van der Waals surface area (Å²) in [7, 11) is 11.9. The Bertz CT molecular complexity index is 1180. The summed E-state index contributed by atoms with van der Waals surface area (Å²) in [6, 6.07) is 71.7. The third-order valence-electron chi connectivity index (χ3n) is 5.69. The number of urea groups is 2. The average Bonchev–Trinajstić information content (AvgIpc) is 3.40. The number of nitrogens with one attached hydrogen (secondary N) is 6. The van der Waals surface area contributed by atoms with E-state index in [4.69, 9.17) is 0 Å². The summed E-state index contributed by atoms with van der Waals surface area (Å²) in [5.74, 6) is 0. The van der Waals surface area contributed by atoms with Crippen LogP contribution in [0, 0.1) is 0 Å². The molecule has 0 aliphatic heterocycles. The van der Waals surface area contributed by atoms with Crippen LogP contribution in [-0.2, 0) is 28.0 Å². The summed E-state index contributed by atoms with van der Waals surface area (Å²) >= 11 is 0. The summed E-state index contributed by atoms with van der Waals surface area (Å²) in [5, 5.41) is 14.0. The molecule has 6 amide bonds. The number of carbonyl (C=O) groups is 4. The molecular weight excluding hydrogens is 844 g/mol. The van der Waals surface area contributed by atoms with Gasteiger partial charge in [-0.2, -0.15) is 0 Å². The molecule has 0 fully saturated rings. The minimum atomic E-state index is -0.407. The van der Waals surface area contributed by atoms with Crippen LogP contribution in [-0.4, -0.2) is 80.8 Å². The molecule has 0 aromatic heterocycles. The normalized spacial score (nSPS) is 7.41. The van der Waals surface area contributed by atoms with Gasteiger partial charge in [-0.25, -0.2) is 19.2 Å². The Balaban J connectivity index is -0.000000145. The molecule has 0 heterocycles. The standard InChI is InChI=1S/6C6H6.2C3H8N2O.2C3H7NO2.C3H8.V/c6*1-2-4-6-5-3-1;2*1-4-3(6)5-2;2*1-4-3(5)6-2;1-3-2;/h6*1-6H;2*1-2H3,(H2,4,5,6);2*1-2H3,(H,4,5);3H2,1-2H3;. The molecule has 12 nitrogen and oxygen atoms in total. The molecule has 0 saturated heterocycles. The fourth-order valence-electron chi connectivity index (χ4n) is 2.76. The van der Waals surface area contributed by atoms with Crippen molar-refractivity contribution in [3.8, 4) is 0 Å². The third kappa shape index (κ3) is 79.2. The molecule has 6 aromatic rings. The van der Waals surface area contributed by atoms with Crippen molar-refractivity contribution in [3.63, 3.8) is 0 Å². The van der Waals surface area contributed by atoms with Crippen molar-refractivity contribution in [1.82, 2.24) is 31.9 Å². The van der Waals surface area contributed by atoms with Gasteiger partial charge in [-0.1, -0.05) is 239 Å². The second-order valence-corrected chi connectivity index (χ2v) is 10.8. The molecular formula is C51H74N6O6V. The van der Waals surface area contributed by atoms with Crippen LogP contribution in [0.15, 0.2) is 218 Å². The number of benzene rings is 6. The number of amides is 6. The van der Waals surface area contributed by atoms with Gasteiger partial charge < -0.3 is 41.4 Å². The number of alkyl carbamates (subject to hydrolysis) is 2. The molecule has 6 rings (SSSR count). The predicted octanol–water partition coefficient (Wildman–Crippen LogP) is 10.6. The Morgan fingerprint density at radius 2 is 0.375 bits per heavy atom. The topological polar surface area (TPSA) is 159 Å². The summed E-state index contributed by atoms with van der Waals surface area (Å²) in [6.07, 6.45) is 0.435. The summed E-state index contributed by atoms with van der Waals surface area (Å²) in [5.41, 5.74) is 0. The van der Waals surface area contributed by atoms with Crippen LogP contribution in [0.1, 0.15) is 20.3 Å². The number of methoxy groups -OCH3 is 2. The van der Waals surface area contributed by atoms with Crippen molar-refractivity contribution in [1.29, 1.82) is 0 Å². The van der Waals surface area contributed by atoms with Crippen LogP contribution >= 0.6 is 0 Å². The van der Waals surface area contributed by atoms with Crippen LogP contribution in [0.5, 0.6) is 0 Å². The van der Waals surface area contributed by atoms with Crippen molar-refractivity contribution in [2.24, 2.45) is 0 Å². The van der Waals surface area contributed by atoms with Crippen molar-refractivity contribution < 1.29 is 47.2 Å². The second-order valence-electron chi connectivity index (χ2n) is 10.8. The van der Waals surface area contributed by atoms with Crippen LogP contribution in [0.3, 0.4) is 0 Å². The summed E-state index contributed by atoms with van der Waals surface area (Å²) < 4.78 is 8.30. The molecule has 64 heavy (non-hydrogen) atoms. The van der Waals surface area contributed by atoms with Crippen LogP contribution < -0.4 is 31.9 Å². The molecule has 0 atom stereocenters. The van der Waals surface area contributed by atoms with Crippen LogP contribution in [0.2, 0.25) is 0 Å². The second kappa shape index (κ2) is 67.7. The molecule has 0 aliphatic rings. The van der Waals surface area contributed by atoms with Gasteiger partial charge in [0.15, 0.2) is 0 Å². The largest absolute Gasteiger partial charge is 0.453 e. The van der Waals surface area contributed by atoms with Gasteiger partial charge in [0.25, 0.3) is 0 Å². The molecule has 0 saturated carbocycles. The maximum Gasteiger partial charge on any atom is 0.406 e. The molecule has 1 radical (unpaired) electrons. The van der Waals surface area contributed by atoms with Gasteiger partial charge in [-0.3, -0.25) is 0 Å². The molecule has 0 aliphatic carbocycles. The van der Waals surface area contributed by atoms with E-state index in [0.717, 1.165) is 0 Å². The van der Waals surface area contributed by atoms with Gasteiger partial charge in [0.05, 0.1) is 14.2 Å². The Morgan fingerprint density at radius 1 is 0.281 bits per heavy atom. The maximum atomic E-state index is 9.96. The summed E-state index contributed by atoms with van der Waals surface area (Å²) in [4.78, 5) is 39.6. The van der Waals surface area contributed by atoms with E-state index in [0.29, 0.717) is 0 Å². The first-order valence-electron chi connectivity index (χ1n) is 20.0. The van der Waals surface area contributed by atoms with E-state index in [9.17, 15) is 19.2 Å². The van der Waals surface area contributed by atoms with Crippen LogP contribution in [0.25, 0.3) is 0 Å². The number of ether oxygens (including phenoxy) is 2. The zero-order chi connectivity index (χ0) is 48.1. The van der Waals surface area contributed by atoms with E-state index < -0.39 is 12.2 Å². The van der Waals surface area contributed by atoms with Gasteiger partial charge in [-0.05, 0) is 0 Å². The van der Waals surface area contributed by atoms with Gasteiger partial charge in [-0.15, -0.1) is 0 Å². The smallest absolute Gasteiger partial charge is 0.406 e. The molecule has 13 heteroatoms. The molecule has 6 N–H and O–H groups in total. The Kier molecular flexibility index (Phi) is 72.7. The average molecular weight is 918 g/mol. The minimum Gasteiger partial charge on any atom is -0.453 e. The van der Waals surface area contributed by atoms with E-state index in [1.165, 1.54) is 34.7 Å². The number of hydrogen-bond donors (Lipinski definition) is 6. The predicted molar refractivity (Wildman–Crippen MR) is 265 cm³/mol. The third-order valence-corrected chi connectivity index (χ3v) is 5.69. The Hall–Kier alpha value is -7.02. The number of carbonyl (C=O) groups excluding carboxylic acids is 4. The fourth-order valence-corrected chi connectivity index (χ4v) is 2.76. The first-order chi connectivity index (χ1) is 30.6. The van der Waals surface area contributed by atoms with Gasteiger partial charge in [0, 0.05) is 60.8 Å². The van der Waals surface area contributed by atoms with E-state index in [2.05, 4.69) is 55.2 Å². The van der Waals surface area contributed by atoms with Gasteiger partial charge in [0.2, 0.25) is 0 Å². The minimum absolute atomic E-state index is 0. The Labute approximate surface area is 396 Å². The molecule has 6 aromatic carbocycles. The first kappa shape index (κ1) is 68.7. The SMILES string of the molecule is CCC.CNC(=O)NC.CNC(=O)NC.CNC(=O)OC.CNC(=O)OC.[V].c1ccccc1.c1ccccc1.c1ccccc1.c1ccccc1.c1ccccc1.c1ccccc1.